The molecule has 0 spiro atoms. The molecule has 1 heterocycles. The Bertz CT molecular complexity index is 574. The van der Waals surface area contributed by atoms with Crippen molar-refractivity contribution in [3.8, 4) is 0 Å². The fourth-order valence-corrected chi connectivity index (χ4v) is 2.72. The van der Waals surface area contributed by atoms with E-state index in [9.17, 15) is 14.0 Å². The van der Waals surface area contributed by atoms with Gasteiger partial charge < -0.3 is 15.1 Å². The van der Waals surface area contributed by atoms with E-state index in [0.717, 1.165) is 4.90 Å². The highest BCUT2D eigenvalue weighted by Gasteiger charge is 2.30. The Kier molecular flexibility index (Phi) is 5.37. The van der Waals surface area contributed by atoms with Crippen LogP contribution in [0.1, 0.15) is 13.8 Å². The summed E-state index contributed by atoms with van der Waals surface area (Å²) in [7, 11) is 0. The summed E-state index contributed by atoms with van der Waals surface area (Å²) in [5, 5.41) is 2.88. The van der Waals surface area contributed by atoms with Crippen molar-refractivity contribution < 1.29 is 18.9 Å². The third kappa shape index (κ3) is 3.96. The Morgan fingerprint density at radius 3 is 2.55 bits per heavy atom. The number of anilines is 1. The molecule has 0 aromatic heterocycles. The number of piperazine rings is 1. The number of benzene rings is 1. The van der Waals surface area contributed by atoms with Gasteiger partial charge in [0.25, 0.3) is 5.91 Å². The zero-order valence-corrected chi connectivity index (χ0v) is 13.4. The number of carbonyl (C=O) groups excluding carboxylic acids is 2. The van der Waals surface area contributed by atoms with Crippen molar-refractivity contribution in [3.05, 3.63) is 29.0 Å². The second-order valence-corrected chi connectivity index (χ2v) is 5.94. The van der Waals surface area contributed by atoms with Crippen molar-refractivity contribution in [2.45, 2.75) is 19.9 Å². The van der Waals surface area contributed by atoms with Crippen LogP contribution in [0.5, 0.6) is 0 Å². The van der Waals surface area contributed by atoms with Gasteiger partial charge in [0.15, 0.2) is 6.04 Å². The molecule has 22 heavy (non-hydrogen) atoms. The number of halogens is 2. The predicted molar refractivity (Wildman–Crippen MR) is 82.5 cm³/mol. The Balaban J connectivity index is 1.94. The topological polar surface area (TPSA) is 53.9 Å². The quantitative estimate of drug-likeness (QED) is 0.851. The monoisotopic (exact) mass is 328 g/mol. The maximum absolute atomic E-state index is 13.7. The van der Waals surface area contributed by atoms with Gasteiger partial charge in [-0.25, -0.2) is 4.39 Å². The molecule has 1 atom stereocenters. The van der Waals surface area contributed by atoms with E-state index in [2.05, 4.69) is 5.32 Å². The number of hydrogen-bond acceptors (Lipinski definition) is 2. The number of amides is 2. The van der Waals surface area contributed by atoms with Crippen molar-refractivity contribution in [1.82, 2.24) is 4.90 Å². The summed E-state index contributed by atoms with van der Waals surface area (Å²) in [4.78, 5) is 26.4. The highest BCUT2D eigenvalue weighted by Crippen LogP contribution is 2.18. The molecule has 2 N–H and O–H groups in total. The molecular weight excluding hydrogens is 309 g/mol. The van der Waals surface area contributed by atoms with E-state index in [1.165, 1.54) is 18.2 Å². The van der Waals surface area contributed by atoms with E-state index in [-0.39, 0.29) is 28.6 Å². The number of quaternary nitrogens is 1. The van der Waals surface area contributed by atoms with Crippen LogP contribution in [-0.2, 0) is 9.59 Å². The fourth-order valence-electron chi connectivity index (χ4n) is 2.56. The molecule has 1 aliphatic rings. The minimum atomic E-state index is -0.551. The molecule has 5 nitrogen and oxygen atoms in total. The van der Waals surface area contributed by atoms with E-state index in [4.69, 9.17) is 11.6 Å². The summed E-state index contributed by atoms with van der Waals surface area (Å²) in [6.45, 7) is 6.04. The Labute approximate surface area is 134 Å². The third-order valence-electron chi connectivity index (χ3n) is 4.05. The van der Waals surface area contributed by atoms with Crippen LogP contribution in [0.25, 0.3) is 0 Å². The molecule has 7 heteroatoms. The first kappa shape index (κ1) is 16.7. The Hall–Kier alpha value is -1.66. The van der Waals surface area contributed by atoms with Gasteiger partial charge in [-0.05, 0) is 25.1 Å². The number of rotatable bonds is 3. The van der Waals surface area contributed by atoms with Crippen molar-refractivity contribution >= 4 is 29.1 Å². The van der Waals surface area contributed by atoms with Crippen molar-refractivity contribution in [3.63, 3.8) is 0 Å². The Morgan fingerprint density at radius 2 is 2.00 bits per heavy atom. The lowest BCUT2D eigenvalue weighted by Crippen LogP contribution is -3.19. The largest absolute Gasteiger partial charge is 0.332 e. The molecule has 120 valence electrons. The van der Waals surface area contributed by atoms with Crippen molar-refractivity contribution in [1.29, 1.82) is 0 Å². The van der Waals surface area contributed by atoms with Crippen LogP contribution in [0.15, 0.2) is 18.2 Å². The maximum Gasteiger partial charge on any atom is 0.282 e. The number of nitrogens with one attached hydrogen (secondary N) is 2. The van der Waals surface area contributed by atoms with E-state index >= 15 is 0 Å². The molecule has 1 saturated heterocycles. The molecule has 1 aromatic carbocycles. The molecular formula is C15H20ClFN3O2+. The SMILES string of the molecule is CC(=O)N1CC[NH+]([C@H](C)C(=O)Nc2ccc(Cl)cc2F)CC1. The van der Waals surface area contributed by atoms with Crippen LogP contribution in [0.4, 0.5) is 10.1 Å². The lowest BCUT2D eigenvalue weighted by atomic mass is 10.2. The van der Waals surface area contributed by atoms with Crippen LogP contribution in [-0.4, -0.2) is 48.9 Å². The second-order valence-electron chi connectivity index (χ2n) is 5.50. The fraction of sp³-hybridized carbons (Fsp3) is 0.467. The van der Waals surface area contributed by atoms with E-state index in [1.807, 2.05) is 6.92 Å². The van der Waals surface area contributed by atoms with E-state index in [1.54, 1.807) is 11.8 Å². The molecule has 1 aromatic rings. The van der Waals surface area contributed by atoms with Gasteiger partial charge >= 0.3 is 0 Å². The van der Waals surface area contributed by atoms with Gasteiger partial charge in [-0.2, -0.15) is 0 Å². The molecule has 0 unspecified atom stereocenters. The summed E-state index contributed by atoms with van der Waals surface area (Å²) < 4.78 is 13.7. The minimum Gasteiger partial charge on any atom is -0.332 e. The number of hydrogen-bond donors (Lipinski definition) is 2. The highest BCUT2D eigenvalue weighted by atomic mass is 35.5. The zero-order valence-electron chi connectivity index (χ0n) is 12.7. The van der Waals surface area contributed by atoms with Crippen LogP contribution < -0.4 is 10.2 Å². The summed E-state index contributed by atoms with van der Waals surface area (Å²) >= 11 is 5.69. The Morgan fingerprint density at radius 1 is 1.36 bits per heavy atom. The van der Waals surface area contributed by atoms with Crippen LogP contribution in [0.3, 0.4) is 0 Å². The molecule has 2 amide bonds. The minimum absolute atomic E-state index is 0.0550. The average Bonchev–Trinajstić information content (AvgIpc) is 2.49. The van der Waals surface area contributed by atoms with Crippen LogP contribution in [0.2, 0.25) is 5.02 Å². The standard InChI is InChI=1S/C15H19ClFN3O2/c1-10(19-5-7-20(8-6-19)11(2)21)15(22)18-14-4-3-12(16)9-13(14)17/h3-4,9-10H,5-8H2,1-2H3,(H,18,22)/p+1/t10-/m1/s1. The highest BCUT2D eigenvalue weighted by molar-refractivity contribution is 6.30. The number of carbonyl (C=O) groups is 2. The first-order chi connectivity index (χ1) is 10.4. The van der Waals surface area contributed by atoms with E-state index in [0.29, 0.717) is 26.2 Å². The summed E-state index contributed by atoms with van der Waals surface area (Å²) in [6, 6.07) is 3.83. The summed E-state index contributed by atoms with van der Waals surface area (Å²) in [5.41, 5.74) is 0.128. The molecule has 0 aliphatic carbocycles. The lowest BCUT2D eigenvalue weighted by molar-refractivity contribution is -0.917. The van der Waals surface area contributed by atoms with Crippen LogP contribution in [0, 0.1) is 5.82 Å². The molecule has 1 fully saturated rings. The average molecular weight is 329 g/mol. The summed E-state index contributed by atoms with van der Waals surface area (Å²) in [6.07, 6.45) is 0. The first-order valence-electron chi connectivity index (χ1n) is 7.24. The zero-order chi connectivity index (χ0) is 16.3. The molecule has 0 saturated carbocycles. The first-order valence-corrected chi connectivity index (χ1v) is 7.62. The van der Waals surface area contributed by atoms with E-state index < -0.39 is 5.82 Å². The number of nitrogens with zero attached hydrogens (tertiary/aromatic N) is 1. The van der Waals surface area contributed by atoms with Gasteiger partial charge in [0.1, 0.15) is 5.82 Å². The van der Waals surface area contributed by atoms with Gasteiger partial charge in [-0.1, -0.05) is 11.6 Å². The second kappa shape index (κ2) is 7.07. The van der Waals surface area contributed by atoms with Gasteiger partial charge in [0, 0.05) is 11.9 Å². The third-order valence-corrected chi connectivity index (χ3v) is 4.28. The predicted octanol–water partition coefficient (Wildman–Crippen LogP) is 0.553. The van der Waals surface area contributed by atoms with Gasteiger partial charge in [-0.15, -0.1) is 0 Å². The molecule has 2 rings (SSSR count). The van der Waals surface area contributed by atoms with Gasteiger partial charge in [0.05, 0.1) is 31.9 Å². The summed E-state index contributed by atoms with van der Waals surface area (Å²) in [5.74, 6) is -0.740. The molecule has 0 bridgehead atoms. The maximum atomic E-state index is 13.7. The van der Waals surface area contributed by atoms with Gasteiger partial charge in [-0.3, -0.25) is 9.59 Å². The lowest BCUT2D eigenvalue weighted by Gasteiger charge is -2.34. The molecule has 1 aliphatic heterocycles. The van der Waals surface area contributed by atoms with Gasteiger partial charge in [0.2, 0.25) is 5.91 Å². The smallest absolute Gasteiger partial charge is 0.282 e. The van der Waals surface area contributed by atoms with Crippen molar-refractivity contribution in [2.75, 3.05) is 31.5 Å². The van der Waals surface area contributed by atoms with Crippen LogP contribution >= 0.6 is 11.6 Å². The van der Waals surface area contributed by atoms with Crippen molar-refractivity contribution in [2.24, 2.45) is 0 Å². The normalized spacial score (nSPS) is 17.2. The molecule has 0 radical (unpaired) electrons.